The van der Waals surface area contributed by atoms with E-state index in [1.54, 1.807) is 19.2 Å². The minimum Gasteiger partial charge on any atom is -0.496 e. The highest BCUT2D eigenvalue weighted by Gasteiger charge is 2.06. The summed E-state index contributed by atoms with van der Waals surface area (Å²) in [6.45, 7) is 0.294. The molecule has 2 N–H and O–H groups in total. The van der Waals surface area contributed by atoms with Crippen molar-refractivity contribution in [3.05, 3.63) is 27.2 Å². The number of ether oxygens (including phenoxy) is 1. The Kier molecular flexibility index (Phi) is 3.99. The minimum atomic E-state index is 0.294. The summed E-state index contributed by atoms with van der Waals surface area (Å²) >= 11 is 9.20. The monoisotopic (exact) mass is 265 g/mol. The first-order chi connectivity index (χ1) is 6.19. The van der Waals surface area contributed by atoms with Gasteiger partial charge in [0, 0.05) is 11.6 Å². The molecule has 0 aliphatic heterocycles. The van der Waals surface area contributed by atoms with E-state index >= 15 is 0 Å². The van der Waals surface area contributed by atoms with Crippen LogP contribution in [0.4, 0.5) is 0 Å². The molecular formula is C8H9BrClNO2. The van der Waals surface area contributed by atoms with Gasteiger partial charge >= 0.3 is 0 Å². The molecule has 0 unspecified atom stereocenters. The molecular weight excluding hydrogens is 257 g/mol. The Morgan fingerprint density at radius 1 is 1.62 bits per heavy atom. The van der Waals surface area contributed by atoms with Crippen LogP contribution in [0.5, 0.6) is 5.75 Å². The fraction of sp³-hybridized carbons (Fsp3) is 0.250. The van der Waals surface area contributed by atoms with Crippen LogP contribution in [0, 0.1) is 0 Å². The van der Waals surface area contributed by atoms with E-state index in [9.17, 15) is 0 Å². The van der Waals surface area contributed by atoms with Gasteiger partial charge in [0.2, 0.25) is 0 Å². The van der Waals surface area contributed by atoms with Crippen molar-refractivity contribution in [2.24, 2.45) is 0 Å². The van der Waals surface area contributed by atoms with Gasteiger partial charge in [-0.1, -0.05) is 11.6 Å². The topological polar surface area (TPSA) is 41.5 Å². The molecule has 0 amide bonds. The smallest absolute Gasteiger partial charge is 0.133 e. The van der Waals surface area contributed by atoms with Crippen molar-refractivity contribution in [1.82, 2.24) is 5.48 Å². The highest BCUT2D eigenvalue weighted by molar-refractivity contribution is 9.10. The van der Waals surface area contributed by atoms with Gasteiger partial charge < -0.3 is 9.94 Å². The van der Waals surface area contributed by atoms with Gasteiger partial charge in [0.25, 0.3) is 0 Å². The number of benzene rings is 1. The molecule has 1 aromatic carbocycles. The van der Waals surface area contributed by atoms with E-state index < -0.39 is 0 Å². The number of halogens is 2. The minimum absolute atomic E-state index is 0.294. The predicted octanol–water partition coefficient (Wildman–Crippen LogP) is 2.59. The molecule has 13 heavy (non-hydrogen) atoms. The van der Waals surface area contributed by atoms with Gasteiger partial charge in [-0.3, -0.25) is 0 Å². The van der Waals surface area contributed by atoms with Crippen LogP contribution in [0.25, 0.3) is 0 Å². The van der Waals surface area contributed by atoms with Crippen molar-refractivity contribution in [2.45, 2.75) is 6.54 Å². The molecule has 0 bridgehead atoms. The third-order valence-electron chi connectivity index (χ3n) is 1.59. The van der Waals surface area contributed by atoms with Crippen molar-refractivity contribution in [1.29, 1.82) is 0 Å². The van der Waals surface area contributed by atoms with Gasteiger partial charge in [-0.25, -0.2) is 5.48 Å². The summed E-state index contributed by atoms with van der Waals surface area (Å²) in [4.78, 5) is 0. The van der Waals surface area contributed by atoms with Crippen molar-refractivity contribution < 1.29 is 9.94 Å². The van der Waals surface area contributed by atoms with Crippen LogP contribution >= 0.6 is 27.5 Å². The lowest BCUT2D eigenvalue weighted by Gasteiger charge is -2.08. The Morgan fingerprint density at radius 2 is 2.31 bits per heavy atom. The summed E-state index contributed by atoms with van der Waals surface area (Å²) in [6.07, 6.45) is 0. The van der Waals surface area contributed by atoms with E-state index in [1.165, 1.54) is 0 Å². The molecule has 0 atom stereocenters. The maximum Gasteiger partial charge on any atom is 0.133 e. The highest BCUT2D eigenvalue weighted by atomic mass is 79.9. The number of hydrogen-bond donors (Lipinski definition) is 2. The summed E-state index contributed by atoms with van der Waals surface area (Å²) in [5.41, 5.74) is 2.82. The molecule has 0 heterocycles. The normalized spacial score (nSPS) is 10.2. The van der Waals surface area contributed by atoms with E-state index in [-0.39, 0.29) is 0 Å². The SMILES string of the molecule is COc1cc(CNO)c(Cl)cc1Br. The third kappa shape index (κ3) is 2.57. The van der Waals surface area contributed by atoms with E-state index in [4.69, 9.17) is 21.5 Å². The molecule has 0 aliphatic carbocycles. The van der Waals surface area contributed by atoms with Crippen molar-refractivity contribution in [3.63, 3.8) is 0 Å². The van der Waals surface area contributed by atoms with Crippen LogP contribution in [0.3, 0.4) is 0 Å². The van der Waals surface area contributed by atoms with Gasteiger partial charge in [-0.2, -0.15) is 0 Å². The van der Waals surface area contributed by atoms with Crippen molar-refractivity contribution in [2.75, 3.05) is 7.11 Å². The van der Waals surface area contributed by atoms with Crippen LogP contribution in [0.15, 0.2) is 16.6 Å². The molecule has 1 aromatic rings. The molecule has 0 radical (unpaired) electrons. The standard InChI is InChI=1S/C8H9BrClNO2/c1-13-8-2-5(4-11-12)7(10)3-6(8)9/h2-3,11-12H,4H2,1H3. The van der Waals surface area contributed by atoms with E-state index in [0.717, 1.165) is 10.0 Å². The van der Waals surface area contributed by atoms with Gasteiger partial charge in [0.15, 0.2) is 0 Å². The second-order valence-electron chi connectivity index (χ2n) is 2.41. The molecule has 0 spiro atoms. The molecule has 3 nitrogen and oxygen atoms in total. The Balaban J connectivity index is 3.06. The largest absolute Gasteiger partial charge is 0.496 e. The first-order valence-electron chi connectivity index (χ1n) is 3.58. The summed E-state index contributed by atoms with van der Waals surface area (Å²) in [5.74, 6) is 0.689. The Labute approximate surface area is 89.7 Å². The average Bonchev–Trinajstić information content (AvgIpc) is 2.10. The van der Waals surface area contributed by atoms with Gasteiger partial charge in [-0.05, 0) is 33.6 Å². The quantitative estimate of drug-likeness (QED) is 0.826. The lowest BCUT2D eigenvalue weighted by molar-refractivity contribution is 0.161. The number of methoxy groups -OCH3 is 1. The lowest BCUT2D eigenvalue weighted by Crippen LogP contribution is -2.06. The molecule has 1 rings (SSSR count). The Morgan fingerprint density at radius 3 is 2.85 bits per heavy atom. The van der Waals surface area contributed by atoms with Crippen LogP contribution < -0.4 is 10.2 Å². The van der Waals surface area contributed by atoms with E-state index in [2.05, 4.69) is 15.9 Å². The van der Waals surface area contributed by atoms with Gasteiger partial charge in [0.05, 0.1) is 11.6 Å². The molecule has 5 heteroatoms. The Bertz CT molecular complexity index is 306. The zero-order valence-electron chi connectivity index (χ0n) is 6.97. The summed E-state index contributed by atoms with van der Waals surface area (Å²) in [6, 6.07) is 3.49. The predicted molar refractivity (Wildman–Crippen MR) is 54.3 cm³/mol. The van der Waals surface area contributed by atoms with Gasteiger partial charge in [-0.15, -0.1) is 0 Å². The summed E-state index contributed by atoms with van der Waals surface area (Å²) in [7, 11) is 1.57. The molecule has 72 valence electrons. The maximum absolute atomic E-state index is 8.52. The Hall–Kier alpha value is -0.290. The van der Waals surface area contributed by atoms with E-state index in [0.29, 0.717) is 17.3 Å². The first kappa shape index (κ1) is 10.8. The number of hydroxylamine groups is 1. The second kappa shape index (κ2) is 4.81. The molecule has 0 saturated heterocycles. The fourth-order valence-corrected chi connectivity index (χ4v) is 1.82. The van der Waals surface area contributed by atoms with Crippen LogP contribution in [0.1, 0.15) is 5.56 Å². The van der Waals surface area contributed by atoms with Crippen LogP contribution in [0.2, 0.25) is 5.02 Å². The number of nitrogens with one attached hydrogen (secondary N) is 1. The van der Waals surface area contributed by atoms with Crippen molar-refractivity contribution >= 4 is 27.5 Å². The van der Waals surface area contributed by atoms with Crippen molar-refractivity contribution in [3.8, 4) is 5.75 Å². The molecule has 0 saturated carbocycles. The first-order valence-corrected chi connectivity index (χ1v) is 4.75. The molecule has 0 fully saturated rings. The van der Waals surface area contributed by atoms with Crippen LogP contribution in [-0.4, -0.2) is 12.3 Å². The lowest BCUT2D eigenvalue weighted by atomic mass is 10.2. The number of hydrogen-bond acceptors (Lipinski definition) is 3. The summed E-state index contributed by atoms with van der Waals surface area (Å²) < 4.78 is 5.87. The highest BCUT2D eigenvalue weighted by Crippen LogP contribution is 2.30. The van der Waals surface area contributed by atoms with E-state index in [1.807, 2.05) is 5.48 Å². The molecule has 0 aromatic heterocycles. The number of rotatable bonds is 3. The summed E-state index contributed by atoms with van der Waals surface area (Å²) in [5, 5.41) is 9.09. The second-order valence-corrected chi connectivity index (χ2v) is 3.67. The maximum atomic E-state index is 8.52. The third-order valence-corrected chi connectivity index (χ3v) is 2.56. The van der Waals surface area contributed by atoms with Gasteiger partial charge in [0.1, 0.15) is 5.75 Å². The van der Waals surface area contributed by atoms with Crippen LogP contribution in [-0.2, 0) is 6.54 Å². The zero-order valence-corrected chi connectivity index (χ0v) is 9.32. The average molecular weight is 267 g/mol. The fourth-order valence-electron chi connectivity index (χ4n) is 0.948. The molecule has 0 aliphatic rings. The zero-order chi connectivity index (χ0) is 9.84.